The van der Waals surface area contributed by atoms with E-state index in [1.807, 2.05) is 0 Å². The molecule has 1 fully saturated rings. The predicted molar refractivity (Wildman–Crippen MR) is 91.9 cm³/mol. The number of nitrogens with one attached hydrogen (secondary N) is 1. The van der Waals surface area contributed by atoms with E-state index in [1.165, 1.54) is 30.7 Å². The Balaban J connectivity index is 2.28. The fourth-order valence-corrected chi connectivity index (χ4v) is 3.81. The van der Waals surface area contributed by atoms with Crippen molar-refractivity contribution < 1.29 is 33.4 Å². The number of hydrogen-bond acceptors (Lipinski definition) is 8. The number of nitrogens with zero attached hydrogens (tertiary/aromatic N) is 1. The fourth-order valence-electron chi connectivity index (χ4n) is 2.48. The summed E-state index contributed by atoms with van der Waals surface area (Å²) >= 11 is 1.35. The van der Waals surface area contributed by atoms with Gasteiger partial charge in [0.05, 0.1) is 7.11 Å². The molecule has 0 aromatic carbocycles. The maximum atomic E-state index is 12.7. The van der Waals surface area contributed by atoms with Crippen molar-refractivity contribution in [3.63, 3.8) is 0 Å². The number of thioether (sulfide) groups is 1. The molecule has 0 radical (unpaired) electrons. The Morgan fingerprint density at radius 3 is 2.50 bits per heavy atom. The molecule has 2 aliphatic heterocycles. The molecule has 0 aliphatic carbocycles. The van der Waals surface area contributed by atoms with Crippen LogP contribution in [0.4, 0.5) is 4.79 Å². The average Bonchev–Trinajstić information content (AvgIpc) is 2.54. The van der Waals surface area contributed by atoms with Gasteiger partial charge >= 0.3 is 18.0 Å². The van der Waals surface area contributed by atoms with Crippen LogP contribution in [0.3, 0.4) is 0 Å². The van der Waals surface area contributed by atoms with Crippen LogP contribution in [-0.2, 0) is 28.6 Å². The number of hydrogen-bond donors (Lipinski definition) is 1. The molecule has 0 spiro atoms. The van der Waals surface area contributed by atoms with Crippen molar-refractivity contribution in [3.05, 3.63) is 11.3 Å². The molecule has 2 aliphatic rings. The van der Waals surface area contributed by atoms with Crippen molar-refractivity contribution in [3.8, 4) is 0 Å². The second kappa shape index (κ2) is 7.56. The molecule has 10 heteroatoms. The minimum absolute atomic E-state index is 0.0674. The van der Waals surface area contributed by atoms with Crippen molar-refractivity contribution in [1.82, 2.24) is 10.2 Å². The number of rotatable bonds is 4. The molecule has 2 amide bonds. The van der Waals surface area contributed by atoms with E-state index in [1.54, 1.807) is 20.8 Å². The SMILES string of the molecule is COC(=O)N[C@H]1C(=O)N2C(C(=O)OC(C)(C)C)=C(COC(C)=O)CSC12. The van der Waals surface area contributed by atoms with E-state index < -0.39 is 41.0 Å². The van der Waals surface area contributed by atoms with Crippen LogP contribution < -0.4 is 5.32 Å². The highest BCUT2D eigenvalue weighted by Crippen LogP contribution is 2.41. The Morgan fingerprint density at radius 1 is 1.31 bits per heavy atom. The first-order valence-electron chi connectivity index (χ1n) is 7.93. The third-order valence-corrected chi connectivity index (χ3v) is 4.89. The van der Waals surface area contributed by atoms with E-state index in [0.29, 0.717) is 11.3 Å². The Hall–Kier alpha value is -2.23. The van der Waals surface area contributed by atoms with Gasteiger partial charge in [-0.1, -0.05) is 0 Å². The lowest BCUT2D eigenvalue weighted by molar-refractivity contribution is -0.158. The zero-order chi connectivity index (χ0) is 19.6. The monoisotopic (exact) mass is 386 g/mol. The quantitative estimate of drug-likeness (QED) is 0.429. The van der Waals surface area contributed by atoms with Crippen LogP contribution in [0.1, 0.15) is 27.7 Å². The smallest absolute Gasteiger partial charge is 0.407 e. The summed E-state index contributed by atoms with van der Waals surface area (Å²) in [6, 6.07) is -0.792. The molecule has 2 rings (SSSR count). The lowest BCUT2D eigenvalue weighted by Gasteiger charge is -2.49. The molecule has 1 unspecified atom stereocenters. The van der Waals surface area contributed by atoms with E-state index >= 15 is 0 Å². The molecule has 0 aromatic heterocycles. The number of amides is 2. The molecule has 9 nitrogen and oxygen atoms in total. The second-order valence-corrected chi connectivity index (χ2v) is 7.86. The van der Waals surface area contributed by atoms with Gasteiger partial charge in [0.1, 0.15) is 29.3 Å². The highest BCUT2D eigenvalue weighted by Gasteiger charge is 2.55. The van der Waals surface area contributed by atoms with E-state index in [2.05, 4.69) is 10.1 Å². The third-order valence-electron chi connectivity index (χ3n) is 3.55. The van der Waals surface area contributed by atoms with Crippen molar-refractivity contribution in [2.24, 2.45) is 0 Å². The topological polar surface area (TPSA) is 111 Å². The van der Waals surface area contributed by atoms with Crippen LogP contribution in [0, 0.1) is 0 Å². The molecule has 144 valence electrons. The molecule has 0 bridgehead atoms. The highest BCUT2D eigenvalue weighted by atomic mass is 32.2. The van der Waals surface area contributed by atoms with E-state index in [-0.39, 0.29) is 12.3 Å². The maximum Gasteiger partial charge on any atom is 0.407 e. The Morgan fingerprint density at radius 2 is 1.96 bits per heavy atom. The highest BCUT2D eigenvalue weighted by molar-refractivity contribution is 8.00. The van der Waals surface area contributed by atoms with Crippen LogP contribution >= 0.6 is 11.8 Å². The first kappa shape index (κ1) is 20.1. The summed E-state index contributed by atoms with van der Waals surface area (Å²) < 4.78 is 14.9. The predicted octanol–water partition coefficient (Wildman–Crippen LogP) is 0.785. The number of carbonyl (C=O) groups excluding carboxylic acids is 4. The van der Waals surface area contributed by atoms with Gasteiger partial charge in [-0.25, -0.2) is 9.59 Å². The average molecular weight is 386 g/mol. The molecule has 0 aromatic rings. The lowest BCUT2D eigenvalue weighted by Crippen LogP contribution is -2.70. The second-order valence-electron chi connectivity index (χ2n) is 6.76. The van der Waals surface area contributed by atoms with Crippen molar-refractivity contribution in [2.45, 2.75) is 44.7 Å². The Kier molecular flexibility index (Phi) is 5.84. The van der Waals surface area contributed by atoms with Crippen LogP contribution in [0.2, 0.25) is 0 Å². The molecule has 1 N–H and O–H groups in total. The van der Waals surface area contributed by atoms with Gasteiger partial charge in [-0.3, -0.25) is 14.5 Å². The summed E-state index contributed by atoms with van der Waals surface area (Å²) in [6.45, 7) is 6.30. The fraction of sp³-hybridized carbons (Fsp3) is 0.625. The number of carbonyl (C=O) groups is 4. The van der Waals surface area contributed by atoms with Gasteiger partial charge in [0.15, 0.2) is 0 Å². The summed E-state index contributed by atoms with van der Waals surface area (Å²) in [6.07, 6.45) is -0.725. The van der Waals surface area contributed by atoms with E-state index in [4.69, 9.17) is 9.47 Å². The van der Waals surface area contributed by atoms with Gasteiger partial charge in [-0.15, -0.1) is 11.8 Å². The molecule has 0 saturated carbocycles. The van der Waals surface area contributed by atoms with E-state index in [0.717, 1.165) is 0 Å². The Bertz CT molecular complexity index is 668. The number of esters is 2. The molecular formula is C16H22N2O7S. The van der Waals surface area contributed by atoms with Crippen LogP contribution in [-0.4, -0.2) is 65.3 Å². The van der Waals surface area contributed by atoms with Crippen LogP contribution in [0.25, 0.3) is 0 Å². The molecule has 2 heterocycles. The number of alkyl carbamates (subject to hydrolysis) is 1. The summed E-state index contributed by atoms with van der Waals surface area (Å²) in [5, 5.41) is 2.00. The van der Waals surface area contributed by atoms with Gasteiger partial charge in [-0.05, 0) is 20.8 Å². The molecular weight excluding hydrogens is 364 g/mol. The third kappa shape index (κ3) is 4.29. The van der Waals surface area contributed by atoms with Gasteiger partial charge in [0.25, 0.3) is 5.91 Å². The maximum absolute atomic E-state index is 12.7. The molecule has 1 saturated heterocycles. The normalized spacial score (nSPS) is 22.2. The van der Waals surface area contributed by atoms with Crippen LogP contribution in [0.5, 0.6) is 0 Å². The number of fused-ring (bicyclic) bond motifs is 1. The lowest BCUT2D eigenvalue weighted by atomic mass is 10.0. The van der Waals surface area contributed by atoms with Gasteiger partial charge in [0.2, 0.25) is 0 Å². The number of methoxy groups -OCH3 is 1. The first-order chi connectivity index (χ1) is 12.0. The van der Waals surface area contributed by atoms with Gasteiger partial charge in [-0.2, -0.15) is 0 Å². The minimum Gasteiger partial charge on any atom is -0.461 e. The van der Waals surface area contributed by atoms with Crippen molar-refractivity contribution in [2.75, 3.05) is 19.5 Å². The zero-order valence-corrected chi connectivity index (χ0v) is 16.1. The molecule has 2 atom stereocenters. The van der Waals surface area contributed by atoms with Gasteiger partial charge < -0.3 is 19.5 Å². The number of ether oxygens (including phenoxy) is 3. The zero-order valence-electron chi connectivity index (χ0n) is 15.3. The standard InChI is InChI=1S/C16H22N2O7S/c1-8(19)24-6-9-7-26-13-10(17-15(22)23-5)12(20)18(13)11(9)14(21)25-16(2,3)4/h10,13H,6-7H2,1-5H3,(H,17,22)/t10-,13?/m0/s1. The summed E-state index contributed by atoms with van der Waals surface area (Å²) in [4.78, 5) is 49.0. The minimum atomic E-state index is -0.792. The Labute approximate surface area is 155 Å². The first-order valence-corrected chi connectivity index (χ1v) is 8.98. The van der Waals surface area contributed by atoms with Crippen molar-refractivity contribution in [1.29, 1.82) is 0 Å². The summed E-state index contributed by atoms with van der Waals surface area (Å²) in [5.41, 5.74) is -0.202. The van der Waals surface area contributed by atoms with E-state index in [9.17, 15) is 19.2 Å². The van der Waals surface area contributed by atoms with Crippen LogP contribution in [0.15, 0.2) is 11.3 Å². The summed E-state index contributed by atoms with van der Waals surface area (Å²) in [5.74, 6) is -1.26. The molecule has 26 heavy (non-hydrogen) atoms. The number of β-lactam (4-membered cyclic amide) rings is 1. The largest absolute Gasteiger partial charge is 0.461 e. The summed E-state index contributed by atoms with van der Waals surface area (Å²) in [7, 11) is 1.20. The van der Waals surface area contributed by atoms with Crippen molar-refractivity contribution >= 4 is 35.7 Å². The van der Waals surface area contributed by atoms with Gasteiger partial charge in [0, 0.05) is 18.2 Å².